The van der Waals surface area contributed by atoms with Crippen molar-refractivity contribution in [2.75, 3.05) is 38.7 Å². The molecule has 2 aliphatic rings. The van der Waals surface area contributed by atoms with Gasteiger partial charge in [0.15, 0.2) is 5.13 Å². The maximum absolute atomic E-state index is 13.0. The van der Waals surface area contributed by atoms with Gasteiger partial charge in [-0.2, -0.15) is 0 Å². The number of nitrogens with zero attached hydrogens (tertiary/aromatic N) is 2. The second kappa shape index (κ2) is 8.87. The number of likely N-dealkylation sites (tertiary alicyclic amines) is 1. The van der Waals surface area contributed by atoms with Crippen molar-refractivity contribution < 1.29 is 18.7 Å². The van der Waals surface area contributed by atoms with Crippen LogP contribution in [0.5, 0.6) is 0 Å². The van der Waals surface area contributed by atoms with Crippen molar-refractivity contribution in [3.05, 3.63) is 46.7 Å². The van der Waals surface area contributed by atoms with Gasteiger partial charge in [-0.3, -0.25) is 9.69 Å². The van der Waals surface area contributed by atoms with Crippen LogP contribution < -0.4 is 5.32 Å². The molecule has 1 N–H and O–H groups in total. The van der Waals surface area contributed by atoms with Crippen LogP contribution in [0, 0.1) is 5.82 Å². The lowest BCUT2D eigenvalue weighted by atomic mass is 9.86. The number of piperidine rings is 1. The smallest absolute Gasteiger partial charge is 0.240 e. The first-order valence-electron chi connectivity index (χ1n) is 9.94. The Balaban J connectivity index is 1.29. The number of aromatic nitrogens is 1. The predicted molar refractivity (Wildman–Crippen MR) is 110 cm³/mol. The summed E-state index contributed by atoms with van der Waals surface area (Å²) >= 11 is 1.44. The molecule has 1 aromatic heterocycles. The summed E-state index contributed by atoms with van der Waals surface area (Å²) in [4.78, 5) is 19.9. The number of methoxy groups -OCH3 is 1. The Kier molecular flexibility index (Phi) is 6.24. The number of rotatable bonds is 6. The summed E-state index contributed by atoms with van der Waals surface area (Å²) in [5.41, 5.74) is 0.835. The Bertz CT molecular complexity index is 836. The third-order valence-corrected chi connectivity index (χ3v) is 6.65. The molecule has 0 aliphatic carbocycles. The summed E-state index contributed by atoms with van der Waals surface area (Å²) in [7, 11) is 1.72. The van der Waals surface area contributed by atoms with Gasteiger partial charge in [-0.15, -0.1) is 11.3 Å². The van der Waals surface area contributed by atoms with E-state index in [1.807, 2.05) is 0 Å². The minimum Gasteiger partial charge on any atom is -0.377 e. The average molecular weight is 420 g/mol. The van der Waals surface area contributed by atoms with Gasteiger partial charge in [0, 0.05) is 44.3 Å². The lowest BCUT2D eigenvalue weighted by Crippen LogP contribution is -2.57. The standard InChI is InChI=1S/C21H26FN3O3S/c1-27-18-13-25(9-8-21(18)7-2-10-28-21)14-19(26)24-20-23-12-17(29-20)11-15-3-5-16(22)6-4-15/h3-6,12,18H,2,7-11,13-14H2,1H3,(H,23,24,26)/t18-,21+/m0/s1. The van der Waals surface area contributed by atoms with Crippen molar-refractivity contribution in [1.82, 2.24) is 9.88 Å². The highest BCUT2D eigenvalue weighted by molar-refractivity contribution is 7.15. The van der Waals surface area contributed by atoms with Crippen LogP contribution in [0.4, 0.5) is 9.52 Å². The zero-order chi connectivity index (χ0) is 20.3. The Hall–Kier alpha value is -1.87. The van der Waals surface area contributed by atoms with Crippen molar-refractivity contribution in [2.45, 2.75) is 37.4 Å². The molecule has 0 bridgehead atoms. The highest BCUT2D eigenvalue weighted by Crippen LogP contribution is 2.37. The molecule has 3 heterocycles. The van der Waals surface area contributed by atoms with Crippen LogP contribution in [0.3, 0.4) is 0 Å². The van der Waals surface area contributed by atoms with Crippen molar-refractivity contribution in [1.29, 1.82) is 0 Å². The van der Waals surface area contributed by atoms with Gasteiger partial charge in [0.05, 0.1) is 18.2 Å². The summed E-state index contributed by atoms with van der Waals surface area (Å²) in [6.07, 6.45) is 5.41. The molecule has 2 fully saturated rings. The number of anilines is 1. The minimum absolute atomic E-state index is 0.00581. The predicted octanol–water partition coefficient (Wildman–Crippen LogP) is 3.08. The van der Waals surface area contributed by atoms with Gasteiger partial charge in [0.25, 0.3) is 0 Å². The number of benzene rings is 1. The van der Waals surface area contributed by atoms with Gasteiger partial charge in [0.1, 0.15) is 5.82 Å². The zero-order valence-electron chi connectivity index (χ0n) is 16.5. The molecule has 2 saturated heterocycles. The molecule has 0 unspecified atom stereocenters. The van der Waals surface area contributed by atoms with Crippen molar-refractivity contribution in [2.24, 2.45) is 0 Å². The fourth-order valence-corrected chi connectivity index (χ4v) is 5.08. The molecule has 0 radical (unpaired) electrons. The van der Waals surface area contributed by atoms with E-state index in [-0.39, 0.29) is 23.4 Å². The first kappa shape index (κ1) is 20.4. The summed E-state index contributed by atoms with van der Waals surface area (Å²) < 4.78 is 24.7. The maximum Gasteiger partial charge on any atom is 0.240 e. The number of carbonyl (C=O) groups excluding carboxylic acids is 1. The minimum atomic E-state index is -0.246. The highest BCUT2D eigenvalue weighted by Gasteiger charge is 2.46. The topological polar surface area (TPSA) is 63.7 Å². The second-order valence-corrected chi connectivity index (χ2v) is 8.82. The van der Waals surface area contributed by atoms with Gasteiger partial charge >= 0.3 is 0 Å². The molecule has 2 aliphatic heterocycles. The van der Waals surface area contributed by atoms with E-state index in [0.717, 1.165) is 42.9 Å². The zero-order valence-corrected chi connectivity index (χ0v) is 17.3. The van der Waals surface area contributed by atoms with Gasteiger partial charge in [-0.05, 0) is 37.0 Å². The van der Waals surface area contributed by atoms with Crippen LogP contribution in [0.1, 0.15) is 29.7 Å². The molecular formula is C21H26FN3O3S. The first-order chi connectivity index (χ1) is 14.1. The Morgan fingerprint density at radius 3 is 2.97 bits per heavy atom. The largest absolute Gasteiger partial charge is 0.377 e. The Labute approximate surface area is 174 Å². The number of hydrogen-bond acceptors (Lipinski definition) is 6. The SMILES string of the molecule is CO[C@H]1CN(CC(=O)Nc2ncc(Cc3ccc(F)cc3)s2)CC[C@]12CCCO2. The number of amides is 1. The molecule has 2 atom stereocenters. The maximum atomic E-state index is 13.0. The van der Waals surface area contributed by atoms with Crippen molar-refractivity contribution >= 4 is 22.4 Å². The van der Waals surface area contributed by atoms with Crippen LogP contribution in [-0.2, 0) is 20.7 Å². The van der Waals surface area contributed by atoms with E-state index in [1.165, 1.54) is 23.5 Å². The van der Waals surface area contributed by atoms with E-state index in [9.17, 15) is 9.18 Å². The van der Waals surface area contributed by atoms with Crippen LogP contribution >= 0.6 is 11.3 Å². The average Bonchev–Trinajstić information content (AvgIpc) is 3.35. The van der Waals surface area contributed by atoms with Crippen molar-refractivity contribution in [3.8, 4) is 0 Å². The van der Waals surface area contributed by atoms with E-state index in [1.54, 1.807) is 25.4 Å². The molecule has 8 heteroatoms. The molecule has 1 aromatic carbocycles. The number of ether oxygens (including phenoxy) is 2. The molecular weight excluding hydrogens is 393 g/mol. The van der Waals surface area contributed by atoms with E-state index in [2.05, 4.69) is 15.2 Å². The van der Waals surface area contributed by atoms with Gasteiger partial charge in [-0.25, -0.2) is 9.37 Å². The molecule has 156 valence electrons. The lowest BCUT2D eigenvalue weighted by molar-refractivity contribution is -0.145. The molecule has 6 nitrogen and oxygen atoms in total. The third-order valence-electron chi connectivity index (χ3n) is 5.74. The molecule has 1 amide bonds. The lowest BCUT2D eigenvalue weighted by Gasteiger charge is -2.44. The summed E-state index contributed by atoms with van der Waals surface area (Å²) in [5.74, 6) is -0.323. The number of carbonyl (C=O) groups is 1. The molecule has 2 aromatic rings. The highest BCUT2D eigenvalue weighted by atomic mass is 32.1. The molecule has 29 heavy (non-hydrogen) atoms. The monoisotopic (exact) mass is 419 g/mol. The second-order valence-electron chi connectivity index (χ2n) is 7.71. The van der Waals surface area contributed by atoms with Gasteiger partial charge in [0.2, 0.25) is 5.91 Å². The van der Waals surface area contributed by atoms with E-state index in [0.29, 0.717) is 24.6 Å². The summed E-state index contributed by atoms with van der Waals surface area (Å²) in [6, 6.07) is 6.42. The Morgan fingerprint density at radius 1 is 1.41 bits per heavy atom. The van der Waals surface area contributed by atoms with Crippen LogP contribution in [0.25, 0.3) is 0 Å². The van der Waals surface area contributed by atoms with E-state index in [4.69, 9.17) is 9.47 Å². The third kappa shape index (κ3) is 4.83. The fraction of sp³-hybridized carbons (Fsp3) is 0.524. The van der Waals surface area contributed by atoms with Crippen LogP contribution in [-0.4, -0.2) is 60.8 Å². The first-order valence-corrected chi connectivity index (χ1v) is 10.8. The van der Waals surface area contributed by atoms with E-state index < -0.39 is 0 Å². The number of nitrogens with one attached hydrogen (secondary N) is 1. The Morgan fingerprint density at radius 2 is 2.24 bits per heavy atom. The van der Waals surface area contributed by atoms with E-state index >= 15 is 0 Å². The molecule has 0 saturated carbocycles. The number of thiazole rings is 1. The van der Waals surface area contributed by atoms with Crippen LogP contribution in [0.15, 0.2) is 30.5 Å². The summed E-state index contributed by atoms with van der Waals surface area (Å²) in [5, 5.41) is 3.48. The molecule has 4 rings (SSSR count). The van der Waals surface area contributed by atoms with Gasteiger partial charge < -0.3 is 14.8 Å². The van der Waals surface area contributed by atoms with Crippen LogP contribution in [0.2, 0.25) is 0 Å². The van der Waals surface area contributed by atoms with Crippen molar-refractivity contribution in [3.63, 3.8) is 0 Å². The van der Waals surface area contributed by atoms with Gasteiger partial charge in [-0.1, -0.05) is 12.1 Å². The number of halogens is 1. The normalized spacial score (nSPS) is 24.8. The number of hydrogen-bond donors (Lipinski definition) is 1. The fourth-order valence-electron chi connectivity index (χ4n) is 4.22. The molecule has 1 spiro atoms. The summed E-state index contributed by atoms with van der Waals surface area (Å²) in [6.45, 7) is 2.62. The quantitative estimate of drug-likeness (QED) is 0.780.